The Morgan fingerprint density at radius 3 is 2.83 bits per heavy atom. The van der Waals surface area contributed by atoms with Gasteiger partial charge in [0, 0.05) is 30.7 Å². The first kappa shape index (κ1) is 14.0. The van der Waals surface area contributed by atoms with Gasteiger partial charge in [-0.2, -0.15) is 0 Å². The lowest BCUT2D eigenvalue weighted by Gasteiger charge is -2.23. The van der Waals surface area contributed by atoms with E-state index in [0.717, 1.165) is 17.7 Å². The van der Waals surface area contributed by atoms with Gasteiger partial charge in [-0.15, -0.1) is 11.3 Å². The molecule has 2 rings (SSSR count). The molecule has 0 aromatic carbocycles. The van der Waals surface area contributed by atoms with Crippen LogP contribution in [0, 0.1) is 0 Å². The second-order valence-electron chi connectivity index (χ2n) is 4.25. The first-order valence-corrected chi connectivity index (χ1v) is 8.31. The van der Waals surface area contributed by atoms with Gasteiger partial charge in [0.1, 0.15) is 0 Å². The zero-order valence-electron chi connectivity index (χ0n) is 10.3. The van der Waals surface area contributed by atoms with E-state index in [9.17, 15) is 8.42 Å². The van der Waals surface area contributed by atoms with Gasteiger partial charge in [0.25, 0.3) is 0 Å². The van der Waals surface area contributed by atoms with E-state index in [-0.39, 0.29) is 6.04 Å². The van der Waals surface area contributed by atoms with Crippen molar-refractivity contribution in [2.75, 3.05) is 20.3 Å². The Kier molecular flexibility index (Phi) is 4.74. The smallest absolute Gasteiger partial charge is 0.241 e. The van der Waals surface area contributed by atoms with Crippen LogP contribution in [0.1, 0.15) is 17.7 Å². The summed E-state index contributed by atoms with van der Waals surface area (Å²) >= 11 is 1.46. The molecule has 5 nitrogen and oxygen atoms in total. The lowest BCUT2D eigenvalue weighted by atomic mass is 10.1. The van der Waals surface area contributed by atoms with Crippen molar-refractivity contribution in [1.29, 1.82) is 0 Å². The average Bonchev–Trinajstić information content (AvgIpc) is 2.79. The summed E-state index contributed by atoms with van der Waals surface area (Å²) in [7, 11) is -1.60. The molecule has 0 radical (unpaired) electrons. The predicted molar refractivity (Wildman–Crippen MR) is 71.2 cm³/mol. The summed E-state index contributed by atoms with van der Waals surface area (Å²) in [5.41, 5.74) is 0. The number of ether oxygens (including phenoxy) is 1. The van der Waals surface area contributed by atoms with Crippen molar-refractivity contribution in [3.63, 3.8) is 0 Å². The van der Waals surface area contributed by atoms with E-state index in [0.29, 0.717) is 24.7 Å². The summed E-state index contributed by atoms with van der Waals surface area (Å²) in [4.78, 5) is 1.24. The van der Waals surface area contributed by atoms with Crippen LogP contribution in [0.4, 0.5) is 0 Å². The van der Waals surface area contributed by atoms with Gasteiger partial charge in [0.05, 0.1) is 4.90 Å². The van der Waals surface area contributed by atoms with E-state index < -0.39 is 10.0 Å². The van der Waals surface area contributed by atoms with Crippen LogP contribution in [0.3, 0.4) is 0 Å². The molecule has 7 heteroatoms. The van der Waals surface area contributed by atoms with Crippen LogP contribution in [-0.2, 0) is 21.3 Å². The second kappa shape index (κ2) is 6.12. The first-order chi connectivity index (χ1) is 8.63. The van der Waals surface area contributed by atoms with Gasteiger partial charge in [0.2, 0.25) is 10.0 Å². The van der Waals surface area contributed by atoms with Crippen LogP contribution in [-0.4, -0.2) is 34.7 Å². The van der Waals surface area contributed by atoms with Crippen LogP contribution < -0.4 is 10.0 Å². The van der Waals surface area contributed by atoms with Crippen LogP contribution in [0.2, 0.25) is 0 Å². The van der Waals surface area contributed by atoms with Crippen LogP contribution in [0.25, 0.3) is 0 Å². The van der Waals surface area contributed by atoms with Crippen molar-refractivity contribution < 1.29 is 13.2 Å². The molecule has 0 aliphatic carbocycles. The van der Waals surface area contributed by atoms with Gasteiger partial charge in [-0.05, 0) is 31.3 Å². The maximum atomic E-state index is 12.3. The maximum Gasteiger partial charge on any atom is 0.241 e. The fourth-order valence-corrected chi connectivity index (χ4v) is 4.72. The first-order valence-electron chi connectivity index (χ1n) is 5.94. The van der Waals surface area contributed by atoms with E-state index >= 15 is 0 Å². The standard InChI is InChI=1S/C11H18N2O3S2/c1-12-8-10-11(4-7-17-10)18(14,15)13-9-2-5-16-6-3-9/h4,7,9,12-13H,2-3,5-6,8H2,1H3. The molecule has 0 unspecified atom stereocenters. The highest BCUT2D eigenvalue weighted by atomic mass is 32.2. The molecule has 1 aliphatic heterocycles. The van der Waals surface area contributed by atoms with Crippen molar-refractivity contribution in [2.45, 2.75) is 30.3 Å². The molecule has 0 bridgehead atoms. The Bertz CT molecular complexity index is 478. The second-order valence-corrected chi connectivity index (χ2v) is 6.93. The molecule has 1 saturated heterocycles. The largest absolute Gasteiger partial charge is 0.381 e. The minimum absolute atomic E-state index is 0.00825. The van der Waals surface area contributed by atoms with E-state index in [1.807, 2.05) is 12.4 Å². The summed E-state index contributed by atoms with van der Waals surface area (Å²) in [5.74, 6) is 0. The average molecular weight is 290 g/mol. The third kappa shape index (κ3) is 3.30. The molecular formula is C11H18N2O3S2. The molecule has 0 amide bonds. The van der Waals surface area contributed by atoms with Crippen LogP contribution in [0.5, 0.6) is 0 Å². The van der Waals surface area contributed by atoms with Crippen LogP contribution in [0.15, 0.2) is 16.3 Å². The van der Waals surface area contributed by atoms with Crippen molar-refractivity contribution in [3.8, 4) is 0 Å². The molecule has 1 aliphatic rings. The van der Waals surface area contributed by atoms with E-state index in [1.54, 1.807) is 6.07 Å². The number of sulfonamides is 1. The fourth-order valence-electron chi connectivity index (χ4n) is 1.96. The molecule has 2 N–H and O–H groups in total. The molecule has 0 saturated carbocycles. The van der Waals surface area contributed by atoms with Gasteiger partial charge in [0.15, 0.2) is 0 Å². The summed E-state index contributed by atoms with van der Waals surface area (Å²) in [6, 6.07) is 1.66. The monoisotopic (exact) mass is 290 g/mol. The minimum atomic E-state index is -3.40. The van der Waals surface area contributed by atoms with E-state index in [1.165, 1.54) is 11.3 Å². The lowest BCUT2D eigenvalue weighted by Crippen LogP contribution is -2.39. The highest BCUT2D eigenvalue weighted by molar-refractivity contribution is 7.89. The maximum absolute atomic E-state index is 12.3. The molecule has 0 atom stereocenters. The lowest BCUT2D eigenvalue weighted by molar-refractivity contribution is 0.0832. The van der Waals surface area contributed by atoms with Gasteiger partial charge in [-0.1, -0.05) is 0 Å². The third-order valence-corrected chi connectivity index (χ3v) is 5.53. The summed E-state index contributed by atoms with van der Waals surface area (Å²) in [6.45, 7) is 1.82. The molecule has 1 aromatic rings. The van der Waals surface area contributed by atoms with Gasteiger partial charge >= 0.3 is 0 Å². The highest BCUT2D eigenvalue weighted by Gasteiger charge is 2.24. The molecular weight excluding hydrogens is 272 g/mol. The van der Waals surface area contributed by atoms with Crippen molar-refractivity contribution in [1.82, 2.24) is 10.0 Å². The Morgan fingerprint density at radius 1 is 1.44 bits per heavy atom. The van der Waals surface area contributed by atoms with Gasteiger partial charge in [-0.25, -0.2) is 13.1 Å². The molecule has 1 fully saturated rings. The van der Waals surface area contributed by atoms with Crippen LogP contribution >= 0.6 is 11.3 Å². The topological polar surface area (TPSA) is 67.4 Å². The van der Waals surface area contributed by atoms with Crippen molar-refractivity contribution in [2.24, 2.45) is 0 Å². The third-order valence-electron chi connectivity index (χ3n) is 2.87. The van der Waals surface area contributed by atoms with E-state index in [2.05, 4.69) is 10.0 Å². The Hall–Kier alpha value is -0.470. The highest BCUT2D eigenvalue weighted by Crippen LogP contribution is 2.22. The van der Waals surface area contributed by atoms with E-state index in [4.69, 9.17) is 4.74 Å². The van der Waals surface area contributed by atoms with Crippen molar-refractivity contribution in [3.05, 3.63) is 16.3 Å². The number of rotatable bonds is 5. The molecule has 1 aromatic heterocycles. The summed E-state index contributed by atoms with van der Waals surface area (Å²) < 4.78 is 32.6. The van der Waals surface area contributed by atoms with Gasteiger partial charge < -0.3 is 10.1 Å². The van der Waals surface area contributed by atoms with Crippen molar-refractivity contribution >= 4 is 21.4 Å². The number of hydrogen-bond acceptors (Lipinski definition) is 5. The Labute approximate surface area is 112 Å². The normalized spacial score (nSPS) is 18.1. The Morgan fingerprint density at radius 2 is 2.17 bits per heavy atom. The number of hydrogen-bond donors (Lipinski definition) is 2. The molecule has 2 heterocycles. The number of thiophene rings is 1. The Balaban J connectivity index is 2.11. The SMILES string of the molecule is CNCc1sccc1S(=O)(=O)NC1CCOCC1. The summed E-state index contributed by atoms with van der Waals surface area (Å²) in [6.07, 6.45) is 1.48. The minimum Gasteiger partial charge on any atom is -0.381 e. The number of nitrogens with one attached hydrogen (secondary N) is 2. The molecule has 102 valence electrons. The molecule has 0 spiro atoms. The van der Waals surface area contributed by atoms with Gasteiger partial charge in [-0.3, -0.25) is 0 Å². The molecule has 18 heavy (non-hydrogen) atoms. The summed E-state index contributed by atoms with van der Waals surface area (Å²) in [5, 5.41) is 4.80. The zero-order chi connectivity index (χ0) is 13.0. The zero-order valence-corrected chi connectivity index (χ0v) is 11.9. The quantitative estimate of drug-likeness (QED) is 0.846. The predicted octanol–water partition coefficient (Wildman–Crippen LogP) is 0.925. The fraction of sp³-hybridized carbons (Fsp3) is 0.636.